The third-order valence-corrected chi connectivity index (χ3v) is 6.12. The van der Waals surface area contributed by atoms with E-state index in [1.807, 2.05) is 0 Å². The highest BCUT2D eigenvalue weighted by Gasteiger charge is 2.15. The second kappa shape index (κ2) is 9.53. The SMILES string of the molecule is C=C[Si](Cl)(C=C)C=C.CC(C)=C[SiH2]Cl. The van der Waals surface area contributed by atoms with Gasteiger partial charge in [-0.2, -0.15) is 22.2 Å². The minimum atomic E-state index is -1.91. The molecule has 0 aliphatic heterocycles. The van der Waals surface area contributed by atoms with Crippen LogP contribution in [-0.4, -0.2) is 16.2 Å². The second-order valence-electron chi connectivity index (χ2n) is 2.88. The summed E-state index contributed by atoms with van der Waals surface area (Å²) in [5.41, 5.74) is 8.61. The first-order valence-corrected chi connectivity index (χ1v) is 10.4. The van der Waals surface area contributed by atoms with Gasteiger partial charge in [0.25, 0.3) is 0 Å². The van der Waals surface area contributed by atoms with E-state index in [1.54, 1.807) is 17.1 Å². The number of hydrogen-bond acceptors (Lipinski definition) is 0. The third kappa shape index (κ3) is 10.1. The summed E-state index contributed by atoms with van der Waals surface area (Å²) in [7, 11) is -2.23. The van der Waals surface area contributed by atoms with Crippen molar-refractivity contribution in [3.05, 3.63) is 48.1 Å². The van der Waals surface area contributed by atoms with Crippen LogP contribution in [0.1, 0.15) is 13.8 Å². The molecule has 0 atom stereocenters. The maximum Gasteiger partial charge on any atom is 0.224 e. The number of allylic oxidation sites excluding steroid dienone is 1. The molecule has 0 unspecified atom stereocenters. The summed E-state index contributed by atoms with van der Waals surface area (Å²) < 4.78 is 0. The molecule has 0 aliphatic carbocycles. The van der Waals surface area contributed by atoms with Gasteiger partial charge in [-0.25, -0.2) is 0 Å². The second-order valence-corrected chi connectivity index (χ2v) is 9.36. The summed E-state index contributed by atoms with van der Waals surface area (Å²) >= 11 is 11.3. The predicted molar refractivity (Wildman–Crippen MR) is 76.0 cm³/mol. The predicted octanol–water partition coefficient (Wildman–Crippen LogP) is 3.58. The van der Waals surface area contributed by atoms with Gasteiger partial charge in [0, 0.05) is 0 Å². The zero-order chi connectivity index (χ0) is 11.6. The van der Waals surface area contributed by atoms with Gasteiger partial charge in [-0.3, -0.25) is 0 Å². The summed E-state index contributed by atoms with van der Waals surface area (Å²) in [5.74, 6) is 0. The molecular formula is C10H18Cl2Si2. The third-order valence-electron chi connectivity index (χ3n) is 1.42. The molecule has 0 saturated heterocycles. The number of hydrogen-bond donors (Lipinski definition) is 0. The molecule has 0 amide bonds. The Morgan fingerprint density at radius 3 is 1.50 bits per heavy atom. The highest BCUT2D eigenvalue weighted by molar-refractivity contribution is 7.28. The van der Waals surface area contributed by atoms with Gasteiger partial charge in [0.1, 0.15) is 8.83 Å². The van der Waals surface area contributed by atoms with Gasteiger partial charge in [-0.15, -0.1) is 19.7 Å². The van der Waals surface area contributed by atoms with E-state index in [0.29, 0.717) is 0 Å². The van der Waals surface area contributed by atoms with Crippen LogP contribution in [-0.2, 0) is 0 Å². The van der Waals surface area contributed by atoms with Crippen LogP contribution in [0.3, 0.4) is 0 Å². The molecule has 0 fully saturated rings. The van der Waals surface area contributed by atoms with Crippen molar-refractivity contribution < 1.29 is 0 Å². The molecule has 14 heavy (non-hydrogen) atoms. The van der Waals surface area contributed by atoms with Crippen LogP contribution in [0.15, 0.2) is 48.1 Å². The van der Waals surface area contributed by atoms with Gasteiger partial charge in [-0.05, 0) is 13.8 Å². The van der Waals surface area contributed by atoms with E-state index in [1.165, 1.54) is 5.57 Å². The van der Waals surface area contributed by atoms with Gasteiger partial charge in [-0.1, -0.05) is 28.4 Å². The lowest BCUT2D eigenvalue weighted by atomic mass is 10.4. The van der Waals surface area contributed by atoms with Crippen molar-refractivity contribution in [3.63, 3.8) is 0 Å². The zero-order valence-electron chi connectivity index (χ0n) is 8.89. The van der Waals surface area contributed by atoms with E-state index in [4.69, 9.17) is 22.2 Å². The van der Waals surface area contributed by atoms with Gasteiger partial charge in [0.05, 0.1) is 0 Å². The van der Waals surface area contributed by atoms with Crippen LogP contribution in [0.25, 0.3) is 0 Å². The van der Waals surface area contributed by atoms with E-state index >= 15 is 0 Å². The summed E-state index contributed by atoms with van der Waals surface area (Å²) in [6.45, 7) is 14.8. The molecule has 0 bridgehead atoms. The quantitative estimate of drug-likeness (QED) is 0.538. The Labute approximate surface area is 100 Å². The van der Waals surface area contributed by atoms with Crippen LogP contribution in [0.4, 0.5) is 0 Å². The fourth-order valence-electron chi connectivity index (χ4n) is 0.404. The van der Waals surface area contributed by atoms with Crippen molar-refractivity contribution in [2.24, 2.45) is 0 Å². The molecule has 0 aliphatic rings. The minimum absolute atomic E-state index is 0.323. The molecule has 0 nitrogen and oxygen atoms in total. The average molecular weight is 265 g/mol. The summed E-state index contributed by atoms with van der Waals surface area (Å²) in [6, 6.07) is 0. The fraction of sp³-hybridized carbons (Fsp3) is 0.200. The molecule has 0 N–H and O–H groups in total. The number of halogens is 2. The van der Waals surface area contributed by atoms with Crippen LogP contribution < -0.4 is 0 Å². The maximum atomic E-state index is 5.88. The lowest BCUT2D eigenvalue weighted by Gasteiger charge is -2.05. The van der Waals surface area contributed by atoms with Crippen molar-refractivity contribution >= 4 is 38.4 Å². The molecule has 0 spiro atoms. The Kier molecular flexibility index (Phi) is 11.2. The van der Waals surface area contributed by atoms with Crippen molar-refractivity contribution in [1.29, 1.82) is 0 Å². The van der Waals surface area contributed by atoms with E-state index < -0.39 is 7.38 Å². The molecule has 0 aromatic rings. The minimum Gasteiger partial charge on any atom is -0.171 e. The molecule has 0 saturated carbocycles. The molecule has 0 aromatic heterocycles. The van der Waals surface area contributed by atoms with Crippen molar-refractivity contribution in [2.75, 3.05) is 0 Å². The Bertz CT molecular complexity index is 196. The van der Waals surface area contributed by atoms with E-state index in [2.05, 4.69) is 39.3 Å². The van der Waals surface area contributed by atoms with Crippen LogP contribution in [0.5, 0.6) is 0 Å². The Morgan fingerprint density at radius 2 is 1.50 bits per heavy atom. The summed E-state index contributed by atoms with van der Waals surface area (Å²) in [4.78, 5) is 0. The van der Waals surface area contributed by atoms with Crippen molar-refractivity contribution in [3.8, 4) is 0 Å². The Morgan fingerprint density at radius 1 is 1.14 bits per heavy atom. The molecule has 80 valence electrons. The van der Waals surface area contributed by atoms with Crippen LogP contribution in [0.2, 0.25) is 0 Å². The molecule has 0 heterocycles. The fourth-order valence-corrected chi connectivity index (χ4v) is 2.14. The summed E-state index contributed by atoms with van der Waals surface area (Å²) in [6.07, 6.45) is 0. The van der Waals surface area contributed by atoms with Gasteiger partial charge in [0.15, 0.2) is 0 Å². The van der Waals surface area contributed by atoms with Crippen LogP contribution in [0, 0.1) is 0 Å². The lowest BCUT2D eigenvalue weighted by molar-refractivity contribution is 1.41. The monoisotopic (exact) mass is 264 g/mol. The van der Waals surface area contributed by atoms with Gasteiger partial charge in [0.2, 0.25) is 7.38 Å². The molecule has 4 heteroatoms. The normalized spacial score (nSPS) is 10.0. The Balaban J connectivity index is 0. The lowest BCUT2D eigenvalue weighted by Crippen LogP contribution is -2.16. The topological polar surface area (TPSA) is 0 Å². The van der Waals surface area contributed by atoms with E-state index in [-0.39, 0.29) is 8.83 Å². The molecule has 0 aromatic carbocycles. The smallest absolute Gasteiger partial charge is 0.171 e. The zero-order valence-corrected chi connectivity index (χ0v) is 12.8. The standard InChI is InChI=1S/C6H9ClSi.C4H9ClSi/c1-4-8(7,5-2)6-3;1-4(2)3-6-5/h4-6H,1-3H2;3H,6H2,1-2H3. The van der Waals surface area contributed by atoms with E-state index in [9.17, 15) is 0 Å². The highest BCUT2D eigenvalue weighted by atomic mass is 35.6. The van der Waals surface area contributed by atoms with Gasteiger partial charge >= 0.3 is 0 Å². The molecular weight excluding hydrogens is 247 g/mol. The van der Waals surface area contributed by atoms with Crippen LogP contribution >= 0.6 is 22.2 Å². The molecule has 0 rings (SSSR count). The van der Waals surface area contributed by atoms with E-state index in [0.717, 1.165) is 0 Å². The Hall–Kier alpha value is -0.0262. The van der Waals surface area contributed by atoms with Crippen molar-refractivity contribution in [1.82, 2.24) is 0 Å². The first-order chi connectivity index (χ1) is 6.45. The highest BCUT2D eigenvalue weighted by Crippen LogP contribution is 2.11. The van der Waals surface area contributed by atoms with Crippen molar-refractivity contribution in [2.45, 2.75) is 13.8 Å². The average Bonchev–Trinajstić information content (AvgIpc) is 2.17. The first kappa shape index (κ1) is 16.4. The molecule has 0 radical (unpaired) electrons. The largest absolute Gasteiger partial charge is 0.224 e. The first-order valence-electron chi connectivity index (χ1n) is 4.24. The maximum absolute atomic E-state index is 5.88. The summed E-state index contributed by atoms with van der Waals surface area (Å²) in [5, 5.41) is 0. The number of rotatable bonds is 4. The van der Waals surface area contributed by atoms with Gasteiger partial charge < -0.3 is 0 Å².